The highest BCUT2D eigenvalue weighted by molar-refractivity contribution is 14.1. The van der Waals surface area contributed by atoms with E-state index in [0.29, 0.717) is 10.0 Å². The van der Waals surface area contributed by atoms with Gasteiger partial charge in [0.2, 0.25) is 0 Å². The van der Waals surface area contributed by atoms with E-state index in [1.807, 2.05) is 13.0 Å². The van der Waals surface area contributed by atoms with Gasteiger partial charge in [0.1, 0.15) is 0 Å². The highest BCUT2D eigenvalue weighted by Crippen LogP contribution is 2.27. The molecule has 4 heteroatoms. The Hall–Kier alpha value is -0.100. The van der Waals surface area contributed by atoms with Crippen LogP contribution in [0.3, 0.4) is 0 Å². The molecule has 0 aliphatic rings. The summed E-state index contributed by atoms with van der Waals surface area (Å²) in [5.74, 6) is -0.896. The summed E-state index contributed by atoms with van der Waals surface area (Å²) in [6.45, 7) is 2.05. The van der Waals surface area contributed by atoms with Crippen molar-refractivity contribution < 1.29 is 9.90 Å². The van der Waals surface area contributed by atoms with Crippen molar-refractivity contribution >= 4 is 44.5 Å². The average Bonchev–Trinajstić information content (AvgIpc) is 2.09. The van der Waals surface area contributed by atoms with E-state index >= 15 is 0 Å². The zero-order valence-electron chi connectivity index (χ0n) is 6.97. The number of aromatic carboxylic acids is 1. The zero-order valence-corrected chi connectivity index (χ0v) is 10.7. The molecule has 0 saturated carbocycles. The number of aryl methyl sites for hydroxylation is 1. The van der Waals surface area contributed by atoms with Crippen LogP contribution in [0.15, 0.2) is 16.6 Å². The maximum Gasteiger partial charge on any atom is 0.336 e. The summed E-state index contributed by atoms with van der Waals surface area (Å²) in [4.78, 5) is 10.7. The van der Waals surface area contributed by atoms with Gasteiger partial charge in [0.15, 0.2) is 0 Å². The van der Waals surface area contributed by atoms with Gasteiger partial charge in [0.05, 0.1) is 5.56 Å². The molecule has 0 fully saturated rings. The van der Waals surface area contributed by atoms with Crippen molar-refractivity contribution in [2.24, 2.45) is 0 Å². The summed E-state index contributed by atoms with van der Waals surface area (Å²) in [5, 5.41) is 8.82. The van der Waals surface area contributed by atoms with Crippen LogP contribution in [0.25, 0.3) is 0 Å². The van der Waals surface area contributed by atoms with E-state index < -0.39 is 5.97 Å². The van der Waals surface area contributed by atoms with Crippen LogP contribution in [0.5, 0.6) is 0 Å². The molecule has 0 heterocycles. The number of halogens is 2. The predicted octanol–water partition coefficient (Wildman–Crippen LogP) is 3.31. The third-order valence-corrected chi connectivity index (χ3v) is 4.57. The smallest absolute Gasteiger partial charge is 0.336 e. The van der Waals surface area contributed by atoms with E-state index in [1.54, 1.807) is 6.07 Å². The number of carbonyl (C=O) groups is 1. The molecule has 0 aromatic heterocycles. The number of carboxylic acids is 1. The Bertz CT molecular complexity index is 350. The molecule has 70 valence electrons. The van der Waals surface area contributed by atoms with Gasteiger partial charge in [0.25, 0.3) is 0 Å². The summed E-state index contributed by atoms with van der Waals surface area (Å²) in [5.41, 5.74) is 1.49. The Kier molecular flexibility index (Phi) is 3.73. The fourth-order valence-corrected chi connectivity index (χ4v) is 2.44. The molecule has 0 saturated heterocycles. The van der Waals surface area contributed by atoms with Crippen LogP contribution in [0.4, 0.5) is 0 Å². The molecule has 0 atom stereocenters. The lowest BCUT2D eigenvalue weighted by atomic mass is 10.1. The molecule has 13 heavy (non-hydrogen) atoms. The summed E-state index contributed by atoms with van der Waals surface area (Å²) in [6.07, 6.45) is 0.913. The molecule has 1 aromatic rings. The molecule has 0 amide bonds. The molecule has 1 N–H and O–H groups in total. The van der Waals surface area contributed by atoms with Gasteiger partial charge in [-0.15, -0.1) is 0 Å². The van der Waals surface area contributed by atoms with E-state index in [9.17, 15) is 4.79 Å². The zero-order chi connectivity index (χ0) is 10.0. The first kappa shape index (κ1) is 11.0. The summed E-state index contributed by atoms with van der Waals surface area (Å²) >= 11 is 5.44. The number of hydrogen-bond acceptors (Lipinski definition) is 1. The van der Waals surface area contributed by atoms with Gasteiger partial charge in [0, 0.05) is 8.04 Å². The molecule has 0 spiro atoms. The van der Waals surface area contributed by atoms with Gasteiger partial charge in [-0.05, 0) is 56.6 Å². The van der Waals surface area contributed by atoms with Gasteiger partial charge < -0.3 is 5.11 Å². The second kappa shape index (κ2) is 4.41. The minimum Gasteiger partial charge on any atom is -0.478 e. The SMILES string of the molecule is CCc1ccc(C(=O)O)c(Br)c1I. The van der Waals surface area contributed by atoms with E-state index in [1.165, 1.54) is 0 Å². The number of hydrogen-bond donors (Lipinski definition) is 1. The molecule has 2 nitrogen and oxygen atoms in total. The van der Waals surface area contributed by atoms with Crippen molar-refractivity contribution in [3.63, 3.8) is 0 Å². The maximum atomic E-state index is 10.7. The molecule has 0 unspecified atom stereocenters. The van der Waals surface area contributed by atoms with Crippen LogP contribution in [0.1, 0.15) is 22.8 Å². The minimum atomic E-state index is -0.896. The van der Waals surface area contributed by atoms with Crippen LogP contribution in [-0.4, -0.2) is 11.1 Å². The molecule has 1 rings (SSSR count). The van der Waals surface area contributed by atoms with Crippen molar-refractivity contribution in [1.82, 2.24) is 0 Å². The van der Waals surface area contributed by atoms with Crippen LogP contribution in [0.2, 0.25) is 0 Å². The van der Waals surface area contributed by atoms with Crippen LogP contribution in [-0.2, 0) is 6.42 Å². The number of carboxylic acid groups (broad SMARTS) is 1. The topological polar surface area (TPSA) is 37.3 Å². The van der Waals surface area contributed by atoms with E-state index in [0.717, 1.165) is 15.6 Å². The molecule has 1 aromatic carbocycles. The Labute approximate surface area is 98.6 Å². The van der Waals surface area contributed by atoms with Crippen molar-refractivity contribution in [1.29, 1.82) is 0 Å². The van der Waals surface area contributed by atoms with Crippen molar-refractivity contribution in [2.75, 3.05) is 0 Å². The Balaban J connectivity index is 3.31. The molecule has 0 aliphatic carbocycles. The van der Waals surface area contributed by atoms with Gasteiger partial charge in [-0.1, -0.05) is 13.0 Å². The lowest BCUT2D eigenvalue weighted by Crippen LogP contribution is -2.00. The van der Waals surface area contributed by atoms with Gasteiger partial charge >= 0.3 is 5.97 Å². The van der Waals surface area contributed by atoms with E-state index in [-0.39, 0.29) is 0 Å². The highest BCUT2D eigenvalue weighted by atomic mass is 127. The molecule has 0 aliphatic heterocycles. The fourth-order valence-electron chi connectivity index (χ4n) is 1.03. The molecular formula is C9H8BrIO2. The lowest BCUT2D eigenvalue weighted by molar-refractivity contribution is 0.0696. The lowest BCUT2D eigenvalue weighted by Gasteiger charge is -2.06. The fraction of sp³-hybridized carbons (Fsp3) is 0.222. The summed E-state index contributed by atoms with van der Waals surface area (Å²) < 4.78 is 1.67. The van der Waals surface area contributed by atoms with Gasteiger partial charge in [-0.2, -0.15) is 0 Å². The van der Waals surface area contributed by atoms with Crippen LogP contribution >= 0.6 is 38.5 Å². The van der Waals surface area contributed by atoms with Crippen LogP contribution < -0.4 is 0 Å². The van der Waals surface area contributed by atoms with Gasteiger partial charge in [-0.25, -0.2) is 4.79 Å². The Morgan fingerprint density at radius 3 is 2.69 bits per heavy atom. The number of rotatable bonds is 2. The quantitative estimate of drug-likeness (QED) is 0.827. The van der Waals surface area contributed by atoms with Crippen molar-refractivity contribution in [3.8, 4) is 0 Å². The van der Waals surface area contributed by atoms with E-state index in [4.69, 9.17) is 5.11 Å². The highest BCUT2D eigenvalue weighted by Gasteiger charge is 2.12. The third kappa shape index (κ3) is 2.22. The summed E-state index contributed by atoms with van der Waals surface area (Å²) in [7, 11) is 0. The molecule has 0 radical (unpaired) electrons. The standard InChI is InChI=1S/C9H8BrIO2/c1-2-5-3-4-6(9(12)13)7(10)8(5)11/h3-4H,2H2,1H3,(H,12,13). The molecule has 0 bridgehead atoms. The van der Waals surface area contributed by atoms with Crippen molar-refractivity contribution in [2.45, 2.75) is 13.3 Å². The monoisotopic (exact) mass is 354 g/mol. The Morgan fingerprint density at radius 2 is 2.23 bits per heavy atom. The Morgan fingerprint density at radius 1 is 1.62 bits per heavy atom. The number of benzene rings is 1. The van der Waals surface area contributed by atoms with Crippen LogP contribution in [0, 0.1) is 3.57 Å². The summed E-state index contributed by atoms with van der Waals surface area (Å²) in [6, 6.07) is 3.49. The minimum absolute atomic E-state index is 0.321. The van der Waals surface area contributed by atoms with Gasteiger partial charge in [-0.3, -0.25) is 0 Å². The third-order valence-electron chi connectivity index (χ3n) is 1.77. The first-order valence-corrected chi connectivity index (χ1v) is 5.65. The normalized spacial score (nSPS) is 10.1. The predicted molar refractivity (Wildman–Crippen MR) is 63.2 cm³/mol. The van der Waals surface area contributed by atoms with Crippen molar-refractivity contribution in [3.05, 3.63) is 31.3 Å². The largest absolute Gasteiger partial charge is 0.478 e. The maximum absolute atomic E-state index is 10.7. The molecular weight excluding hydrogens is 347 g/mol. The second-order valence-corrected chi connectivity index (χ2v) is 4.43. The second-order valence-electron chi connectivity index (χ2n) is 2.56. The average molecular weight is 355 g/mol. The van der Waals surface area contributed by atoms with E-state index in [2.05, 4.69) is 38.5 Å². The first-order chi connectivity index (χ1) is 6.07. The first-order valence-electron chi connectivity index (χ1n) is 3.78.